The van der Waals surface area contributed by atoms with Crippen LogP contribution in [-0.4, -0.2) is 24.0 Å². The molecule has 1 unspecified atom stereocenters. The molecule has 0 aliphatic rings. The van der Waals surface area contributed by atoms with E-state index >= 15 is 0 Å². The molecule has 2 rings (SSSR count). The van der Waals surface area contributed by atoms with Crippen molar-refractivity contribution in [1.29, 1.82) is 0 Å². The molecular weight excluding hydrogens is 399 g/mol. The molecule has 10 heteroatoms. The van der Waals surface area contributed by atoms with Gasteiger partial charge in [-0.2, -0.15) is 4.89 Å². The van der Waals surface area contributed by atoms with Crippen LogP contribution in [0.1, 0.15) is 20.3 Å². The van der Waals surface area contributed by atoms with Gasteiger partial charge in [0.2, 0.25) is 0 Å². The molecule has 0 heterocycles. The summed E-state index contributed by atoms with van der Waals surface area (Å²) in [7, 11) is 1.09. The number of nitrogens with zero attached hydrogens (tertiary/aromatic N) is 1. The smallest absolute Gasteiger partial charge is 0.358 e. The zero-order chi connectivity index (χ0) is 21.6. The van der Waals surface area contributed by atoms with Crippen molar-refractivity contribution in [2.75, 3.05) is 7.11 Å². The number of para-hydroxylation sites is 1. The normalized spacial score (nSPS) is 11.5. The van der Waals surface area contributed by atoms with Crippen molar-refractivity contribution in [3.63, 3.8) is 0 Å². The summed E-state index contributed by atoms with van der Waals surface area (Å²) in [5.41, 5.74) is 5.49. The second-order valence-corrected chi connectivity index (χ2v) is 6.73. The van der Waals surface area contributed by atoms with Crippen molar-refractivity contribution in [3.8, 4) is 11.5 Å². The van der Waals surface area contributed by atoms with E-state index in [0.29, 0.717) is 18.1 Å². The Bertz CT molecular complexity index is 742. The number of benzene rings is 2. The summed E-state index contributed by atoms with van der Waals surface area (Å²) < 4.78 is 10.7. The van der Waals surface area contributed by atoms with Gasteiger partial charge in [0, 0.05) is 12.1 Å². The minimum atomic E-state index is -0.574. The highest BCUT2D eigenvalue weighted by Gasteiger charge is 2.16. The van der Waals surface area contributed by atoms with E-state index in [0.717, 1.165) is 5.75 Å². The highest BCUT2D eigenvalue weighted by molar-refractivity contribution is 7.27. The fraction of sp³-hybridized carbons (Fsp3) is 0.316. The second-order valence-electron chi connectivity index (χ2n) is 6.16. The fourth-order valence-electron chi connectivity index (χ4n) is 1.99. The molecule has 2 aromatic carbocycles. The molecule has 0 bridgehead atoms. The number of nitro benzene ring substituents is 1. The first-order chi connectivity index (χ1) is 13.8. The van der Waals surface area contributed by atoms with E-state index in [1.54, 1.807) is 12.1 Å². The molecule has 0 spiro atoms. The number of rotatable bonds is 9. The molecule has 2 aromatic rings. The molecule has 29 heavy (non-hydrogen) atoms. The lowest BCUT2D eigenvalue weighted by Gasteiger charge is -2.10. The van der Waals surface area contributed by atoms with Crippen molar-refractivity contribution >= 4 is 20.7 Å². The highest BCUT2D eigenvalue weighted by atomic mass is 31.1. The topological polar surface area (TPSA) is 123 Å². The van der Waals surface area contributed by atoms with Crippen LogP contribution in [0.3, 0.4) is 0 Å². The molecule has 0 saturated carbocycles. The summed E-state index contributed by atoms with van der Waals surface area (Å²) in [6, 6.07) is 14.6. The van der Waals surface area contributed by atoms with Gasteiger partial charge in [-0.25, -0.2) is 4.79 Å². The molecule has 0 fully saturated rings. The van der Waals surface area contributed by atoms with E-state index < -0.39 is 16.9 Å². The van der Waals surface area contributed by atoms with Crippen molar-refractivity contribution < 1.29 is 28.5 Å². The van der Waals surface area contributed by atoms with Gasteiger partial charge in [-0.1, -0.05) is 32.0 Å². The Labute approximate surface area is 171 Å². The molecule has 158 valence electrons. The average Bonchev–Trinajstić information content (AvgIpc) is 2.69. The fourth-order valence-corrected chi connectivity index (χ4v) is 2.50. The summed E-state index contributed by atoms with van der Waals surface area (Å²) in [6.07, 6.45) is 0.613. The summed E-state index contributed by atoms with van der Waals surface area (Å²) in [6.45, 7) is 3.97. The van der Waals surface area contributed by atoms with E-state index in [1.165, 1.54) is 19.2 Å². The Hall–Kier alpha value is -2.74. The maximum absolute atomic E-state index is 10.8. The molecule has 0 radical (unpaired) electrons. The van der Waals surface area contributed by atoms with Gasteiger partial charge in [0.1, 0.15) is 17.5 Å². The van der Waals surface area contributed by atoms with Crippen LogP contribution in [-0.2, 0) is 14.6 Å². The molecule has 9 nitrogen and oxygen atoms in total. The average molecular weight is 424 g/mol. The Morgan fingerprint density at radius 1 is 1.07 bits per heavy atom. The molecule has 0 amide bonds. The van der Waals surface area contributed by atoms with Gasteiger partial charge in [0.05, 0.1) is 12.0 Å². The number of carbonyl (C=O) groups excluding carboxylic acids is 1. The van der Waals surface area contributed by atoms with E-state index in [-0.39, 0.29) is 14.7 Å². The predicted octanol–water partition coefficient (Wildman–Crippen LogP) is 4.03. The number of hydrogen-bond donors (Lipinski definition) is 1. The van der Waals surface area contributed by atoms with Crippen LogP contribution in [0.25, 0.3) is 0 Å². The van der Waals surface area contributed by atoms with Crippen LogP contribution < -0.4 is 14.8 Å². The SMILES string of the molecule is COOC(=O)[C@@H](N)CC(C)C.O=[N+]([O-])c1ccc(OPOc2ccccc2)cc1. The third kappa shape index (κ3) is 10.4. The van der Waals surface area contributed by atoms with E-state index in [1.807, 2.05) is 44.2 Å². The first-order valence-corrected chi connectivity index (χ1v) is 9.53. The van der Waals surface area contributed by atoms with Crippen LogP contribution in [0.5, 0.6) is 11.5 Å². The Balaban J connectivity index is 0.000000331. The number of nitrogens with two attached hydrogens (primary N) is 1. The lowest BCUT2D eigenvalue weighted by molar-refractivity contribution is -0.384. The van der Waals surface area contributed by atoms with Crippen LogP contribution in [0.2, 0.25) is 0 Å². The first-order valence-electron chi connectivity index (χ1n) is 8.71. The van der Waals surface area contributed by atoms with Gasteiger partial charge in [-0.05, 0) is 36.6 Å². The van der Waals surface area contributed by atoms with Crippen LogP contribution in [0, 0.1) is 16.0 Å². The first kappa shape index (κ1) is 24.3. The van der Waals surface area contributed by atoms with Gasteiger partial charge in [0.25, 0.3) is 14.7 Å². The van der Waals surface area contributed by atoms with E-state index in [4.69, 9.17) is 14.8 Å². The number of carbonyl (C=O) groups is 1. The molecule has 0 saturated heterocycles. The quantitative estimate of drug-likeness (QED) is 0.277. The summed E-state index contributed by atoms with van der Waals surface area (Å²) in [5, 5.41) is 10.5. The number of nitro groups is 1. The lowest BCUT2D eigenvalue weighted by Crippen LogP contribution is -2.33. The molecule has 2 N–H and O–H groups in total. The van der Waals surface area contributed by atoms with Gasteiger partial charge in [-0.15, -0.1) is 0 Å². The second kappa shape index (κ2) is 13.4. The summed E-state index contributed by atoms with van der Waals surface area (Å²) in [5.74, 6) is 1.13. The van der Waals surface area contributed by atoms with Crippen molar-refractivity contribution in [1.82, 2.24) is 0 Å². The molecule has 0 aromatic heterocycles. The van der Waals surface area contributed by atoms with Gasteiger partial charge >= 0.3 is 5.97 Å². The van der Waals surface area contributed by atoms with Crippen molar-refractivity contribution in [2.45, 2.75) is 26.3 Å². The van der Waals surface area contributed by atoms with Gasteiger partial charge in [0.15, 0.2) is 0 Å². The predicted molar refractivity (Wildman–Crippen MR) is 110 cm³/mol. The molecule has 0 aliphatic carbocycles. The van der Waals surface area contributed by atoms with Gasteiger partial charge < -0.3 is 14.8 Å². The third-order valence-corrected chi connectivity index (χ3v) is 3.94. The van der Waals surface area contributed by atoms with Crippen LogP contribution >= 0.6 is 9.03 Å². The Morgan fingerprint density at radius 3 is 2.10 bits per heavy atom. The molecular formula is C19H25N2O7P. The largest absolute Gasteiger partial charge is 0.441 e. The van der Waals surface area contributed by atoms with Crippen molar-refractivity contribution in [3.05, 3.63) is 64.7 Å². The lowest BCUT2D eigenvalue weighted by atomic mass is 10.1. The zero-order valence-electron chi connectivity index (χ0n) is 16.4. The zero-order valence-corrected chi connectivity index (χ0v) is 17.4. The van der Waals surface area contributed by atoms with Crippen LogP contribution in [0.4, 0.5) is 5.69 Å². The van der Waals surface area contributed by atoms with E-state index in [2.05, 4.69) is 9.78 Å². The summed E-state index contributed by atoms with van der Waals surface area (Å²) in [4.78, 5) is 29.2. The van der Waals surface area contributed by atoms with Crippen molar-refractivity contribution in [2.24, 2.45) is 11.7 Å². The maximum atomic E-state index is 10.8. The minimum absolute atomic E-state index is 0.0367. The summed E-state index contributed by atoms with van der Waals surface area (Å²) >= 11 is 0. The Morgan fingerprint density at radius 2 is 1.62 bits per heavy atom. The third-order valence-electron chi connectivity index (χ3n) is 3.30. The van der Waals surface area contributed by atoms with E-state index in [9.17, 15) is 14.9 Å². The minimum Gasteiger partial charge on any atom is -0.441 e. The molecule has 2 atom stereocenters. The monoisotopic (exact) mass is 424 g/mol. The maximum Gasteiger partial charge on any atom is 0.358 e. The molecule has 0 aliphatic heterocycles. The number of hydrogen-bond acceptors (Lipinski definition) is 8. The number of non-ortho nitro benzene ring substituents is 1. The standard InChI is InChI=1S/C12H10NO4P.C7H15NO3/c14-13(15)10-6-8-12(9-7-10)17-18-16-11-4-2-1-3-5-11;1-5(2)4-6(8)7(9)11-10-3/h1-9,18H;5-6H,4,8H2,1-3H3/t;6-/m.0/s1. The van der Waals surface area contributed by atoms with Crippen LogP contribution in [0.15, 0.2) is 54.6 Å². The Kier molecular flexibility index (Phi) is 11.3. The van der Waals surface area contributed by atoms with Gasteiger partial charge in [-0.3, -0.25) is 15.0 Å². The highest BCUT2D eigenvalue weighted by Crippen LogP contribution is 2.26.